The predicted octanol–water partition coefficient (Wildman–Crippen LogP) is 3.60. The van der Waals surface area contributed by atoms with Crippen LogP contribution in [0.1, 0.15) is 12.1 Å². The molecule has 0 aliphatic heterocycles. The molecule has 0 fully saturated rings. The number of benzene rings is 1. The van der Waals surface area contributed by atoms with Crippen LogP contribution in [0.4, 0.5) is 11.8 Å². The van der Waals surface area contributed by atoms with Gasteiger partial charge in [-0.2, -0.15) is 4.98 Å². The molecule has 0 spiro atoms. The van der Waals surface area contributed by atoms with E-state index in [9.17, 15) is 0 Å². The minimum absolute atomic E-state index is 0.603. The van der Waals surface area contributed by atoms with Crippen molar-refractivity contribution in [2.24, 2.45) is 0 Å². The van der Waals surface area contributed by atoms with Crippen LogP contribution in [0, 0.1) is 0 Å². The van der Waals surface area contributed by atoms with E-state index in [2.05, 4.69) is 25.6 Å². The average Bonchev–Trinajstić information content (AvgIpc) is 2.71. The molecular weight excluding hydrogens is 326 g/mol. The Hall–Kier alpha value is -2.99. The molecule has 0 bridgehead atoms. The summed E-state index contributed by atoms with van der Waals surface area (Å²) < 4.78 is 5.08. The lowest BCUT2D eigenvalue weighted by Crippen LogP contribution is -2.10. The van der Waals surface area contributed by atoms with Gasteiger partial charge >= 0.3 is 0 Å². The molecule has 3 rings (SSSR count). The first kappa shape index (κ1) is 17.8. The second kappa shape index (κ2) is 9.48. The topological polar surface area (TPSA) is 72.0 Å². The Morgan fingerprint density at radius 3 is 2.58 bits per heavy atom. The highest BCUT2D eigenvalue weighted by molar-refractivity contribution is 5.64. The summed E-state index contributed by atoms with van der Waals surface area (Å²) in [5, 5.41) is 6.61. The summed E-state index contributed by atoms with van der Waals surface area (Å²) in [4.78, 5) is 13.5. The van der Waals surface area contributed by atoms with E-state index in [1.807, 2.05) is 54.6 Å². The molecule has 0 unspecified atom stereocenters. The lowest BCUT2D eigenvalue weighted by atomic mass is 10.1. The number of hydrogen-bond donors (Lipinski definition) is 2. The third kappa shape index (κ3) is 5.26. The lowest BCUT2D eigenvalue weighted by Gasteiger charge is -2.11. The molecule has 6 heteroatoms. The summed E-state index contributed by atoms with van der Waals surface area (Å²) >= 11 is 0. The van der Waals surface area contributed by atoms with Crippen molar-refractivity contribution in [1.82, 2.24) is 15.0 Å². The first-order chi connectivity index (χ1) is 12.8. The van der Waals surface area contributed by atoms with E-state index in [0.29, 0.717) is 19.1 Å². The molecule has 0 amide bonds. The average molecular weight is 349 g/mol. The Morgan fingerprint density at radius 1 is 0.962 bits per heavy atom. The molecule has 0 aliphatic carbocycles. The third-order valence-corrected chi connectivity index (χ3v) is 3.78. The number of nitrogens with one attached hydrogen (secondary N) is 2. The van der Waals surface area contributed by atoms with Crippen molar-refractivity contribution in [3.8, 4) is 11.3 Å². The van der Waals surface area contributed by atoms with Crippen molar-refractivity contribution in [2.45, 2.75) is 13.0 Å². The van der Waals surface area contributed by atoms with E-state index in [4.69, 9.17) is 4.74 Å². The van der Waals surface area contributed by atoms with Gasteiger partial charge in [0.15, 0.2) is 0 Å². The zero-order chi connectivity index (χ0) is 18.0. The Bertz CT molecular complexity index is 796. The highest BCUT2D eigenvalue weighted by Gasteiger charge is 2.07. The minimum Gasteiger partial charge on any atom is -0.385 e. The molecule has 2 aromatic heterocycles. The van der Waals surface area contributed by atoms with Crippen LogP contribution in [0.2, 0.25) is 0 Å². The number of methoxy groups -OCH3 is 1. The minimum atomic E-state index is 0.603. The summed E-state index contributed by atoms with van der Waals surface area (Å²) in [5.74, 6) is 1.37. The summed E-state index contributed by atoms with van der Waals surface area (Å²) in [6.45, 7) is 2.07. The standard InChI is InChI=1S/C20H23N5O/c1-26-13-7-12-22-20-24-18(16-8-3-2-4-9-16)14-19(25-20)23-15-17-10-5-6-11-21-17/h2-6,8-11,14H,7,12-13,15H2,1H3,(H2,22,23,24,25). The van der Waals surface area contributed by atoms with Gasteiger partial charge in [0.25, 0.3) is 0 Å². The lowest BCUT2D eigenvalue weighted by molar-refractivity contribution is 0.197. The quantitative estimate of drug-likeness (QED) is 0.575. The summed E-state index contributed by atoms with van der Waals surface area (Å²) in [5.41, 5.74) is 2.89. The SMILES string of the molecule is COCCCNc1nc(NCc2ccccn2)cc(-c2ccccc2)n1. The number of rotatable bonds is 9. The molecule has 0 atom stereocenters. The molecule has 26 heavy (non-hydrogen) atoms. The van der Waals surface area contributed by atoms with E-state index < -0.39 is 0 Å². The van der Waals surface area contributed by atoms with Crippen molar-refractivity contribution in [3.05, 3.63) is 66.5 Å². The fraction of sp³-hybridized carbons (Fsp3) is 0.250. The van der Waals surface area contributed by atoms with Crippen LogP contribution in [-0.2, 0) is 11.3 Å². The van der Waals surface area contributed by atoms with Crippen LogP contribution in [0.25, 0.3) is 11.3 Å². The van der Waals surface area contributed by atoms with E-state index in [-0.39, 0.29) is 0 Å². The van der Waals surface area contributed by atoms with Crippen molar-refractivity contribution in [1.29, 1.82) is 0 Å². The van der Waals surface area contributed by atoms with Crippen LogP contribution < -0.4 is 10.6 Å². The summed E-state index contributed by atoms with van der Waals surface area (Å²) in [6.07, 6.45) is 2.68. The number of pyridine rings is 1. The molecule has 134 valence electrons. The van der Waals surface area contributed by atoms with Crippen molar-refractivity contribution in [3.63, 3.8) is 0 Å². The van der Waals surface area contributed by atoms with Crippen LogP contribution >= 0.6 is 0 Å². The van der Waals surface area contributed by atoms with Gasteiger partial charge in [0.1, 0.15) is 5.82 Å². The van der Waals surface area contributed by atoms with Crippen LogP contribution in [-0.4, -0.2) is 35.2 Å². The molecular formula is C20H23N5O. The van der Waals surface area contributed by atoms with Crippen LogP contribution in [0.15, 0.2) is 60.8 Å². The van der Waals surface area contributed by atoms with Crippen LogP contribution in [0.3, 0.4) is 0 Å². The van der Waals surface area contributed by atoms with Crippen molar-refractivity contribution >= 4 is 11.8 Å². The van der Waals surface area contributed by atoms with Crippen molar-refractivity contribution < 1.29 is 4.74 Å². The third-order valence-electron chi connectivity index (χ3n) is 3.78. The molecule has 1 aromatic carbocycles. The normalized spacial score (nSPS) is 10.5. The monoisotopic (exact) mass is 349 g/mol. The Labute approximate surface area is 153 Å². The van der Waals surface area contributed by atoms with Gasteiger partial charge in [-0.15, -0.1) is 0 Å². The zero-order valence-corrected chi connectivity index (χ0v) is 14.9. The van der Waals surface area contributed by atoms with E-state index >= 15 is 0 Å². The molecule has 2 N–H and O–H groups in total. The fourth-order valence-electron chi connectivity index (χ4n) is 2.47. The van der Waals surface area contributed by atoms with Gasteiger partial charge in [0, 0.05) is 38.1 Å². The maximum atomic E-state index is 5.08. The largest absolute Gasteiger partial charge is 0.385 e. The van der Waals surface area contributed by atoms with E-state index in [1.165, 1.54) is 0 Å². The van der Waals surface area contributed by atoms with Crippen LogP contribution in [0.5, 0.6) is 0 Å². The van der Waals surface area contributed by atoms with Gasteiger partial charge in [-0.1, -0.05) is 36.4 Å². The van der Waals surface area contributed by atoms with Gasteiger partial charge < -0.3 is 15.4 Å². The van der Waals surface area contributed by atoms with Gasteiger partial charge in [-0.25, -0.2) is 4.98 Å². The van der Waals surface area contributed by atoms with Crippen molar-refractivity contribution in [2.75, 3.05) is 30.9 Å². The first-order valence-corrected chi connectivity index (χ1v) is 8.66. The fourth-order valence-corrected chi connectivity index (χ4v) is 2.47. The number of aromatic nitrogens is 3. The number of ether oxygens (including phenoxy) is 1. The summed E-state index contributed by atoms with van der Waals surface area (Å²) in [6, 6.07) is 17.9. The molecule has 2 heterocycles. The Balaban J connectivity index is 1.77. The Kier molecular flexibility index (Phi) is 6.50. The van der Waals surface area contributed by atoms with Gasteiger partial charge in [-0.3, -0.25) is 4.98 Å². The van der Waals surface area contributed by atoms with Gasteiger partial charge in [0.2, 0.25) is 5.95 Å². The molecule has 6 nitrogen and oxygen atoms in total. The maximum Gasteiger partial charge on any atom is 0.225 e. The smallest absolute Gasteiger partial charge is 0.225 e. The second-order valence-corrected chi connectivity index (χ2v) is 5.78. The molecule has 0 radical (unpaired) electrons. The zero-order valence-electron chi connectivity index (χ0n) is 14.9. The molecule has 0 saturated heterocycles. The second-order valence-electron chi connectivity index (χ2n) is 5.78. The van der Waals surface area contributed by atoms with Gasteiger partial charge in [-0.05, 0) is 18.6 Å². The highest BCUT2D eigenvalue weighted by atomic mass is 16.5. The first-order valence-electron chi connectivity index (χ1n) is 8.66. The maximum absolute atomic E-state index is 5.08. The predicted molar refractivity (Wildman–Crippen MR) is 104 cm³/mol. The molecule has 0 saturated carbocycles. The van der Waals surface area contributed by atoms with E-state index in [1.54, 1.807) is 13.3 Å². The van der Waals surface area contributed by atoms with Gasteiger partial charge in [0.05, 0.1) is 17.9 Å². The Morgan fingerprint density at radius 2 is 1.81 bits per heavy atom. The molecule has 0 aliphatic rings. The number of nitrogens with zero attached hydrogens (tertiary/aromatic N) is 3. The number of hydrogen-bond acceptors (Lipinski definition) is 6. The van der Waals surface area contributed by atoms with E-state index in [0.717, 1.165) is 35.7 Å². The summed E-state index contributed by atoms with van der Waals surface area (Å²) in [7, 11) is 1.70. The number of anilines is 2. The highest BCUT2D eigenvalue weighted by Crippen LogP contribution is 2.21. The molecule has 3 aromatic rings.